The maximum absolute atomic E-state index is 10.2. The Morgan fingerprint density at radius 3 is 2.19 bits per heavy atom. The van der Waals surface area contributed by atoms with Crippen LogP contribution in [0.1, 0.15) is 57.2 Å². The number of rotatable bonds is 0. The SMILES string of the molecule is Cc1cc(O)c2c(c1)C(C)(C)CCC2(C)C. The molecule has 1 aromatic carbocycles. The zero-order valence-corrected chi connectivity index (χ0v) is 11.0. The first-order valence-corrected chi connectivity index (χ1v) is 6.09. The van der Waals surface area contributed by atoms with Gasteiger partial charge in [-0.3, -0.25) is 0 Å². The van der Waals surface area contributed by atoms with Crippen LogP contribution in [-0.4, -0.2) is 5.11 Å². The summed E-state index contributed by atoms with van der Waals surface area (Å²) in [6.07, 6.45) is 2.33. The number of hydrogen-bond acceptors (Lipinski definition) is 1. The molecule has 0 radical (unpaired) electrons. The van der Waals surface area contributed by atoms with E-state index >= 15 is 0 Å². The first-order chi connectivity index (χ1) is 7.24. The van der Waals surface area contributed by atoms with Gasteiger partial charge in [0, 0.05) is 5.56 Å². The summed E-state index contributed by atoms with van der Waals surface area (Å²) < 4.78 is 0. The van der Waals surface area contributed by atoms with Gasteiger partial charge >= 0.3 is 0 Å². The standard InChI is InChI=1S/C15H22O/c1-10-8-11-13(12(16)9-10)15(4,5)7-6-14(11,2)3/h8-9,16H,6-7H2,1-5H3. The van der Waals surface area contributed by atoms with Crippen LogP contribution in [0.25, 0.3) is 0 Å². The van der Waals surface area contributed by atoms with E-state index in [0.29, 0.717) is 5.75 Å². The zero-order chi connectivity index (χ0) is 12.1. The Morgan fingerprint density at radius 1 is 1.00 bits per heavy atom. The molecule has 16 heavy (non-hydrogen) atoms. The van der Waals surface area contributed by atoms with E-state index in [1.807, 2.05) is 6.07 Å². The van der Waals surface area contributed by atoms with Crippen LogP contribution in [0.15, 0.2) is 12.1 Å². The molecule has 1 aromatic rings. The van der Waals surface area contributed by atoms with E-state index in [1.165, 1.54) is 12.0 Å². The third kappa shape index (κ3) is 1.63. The Labute approximate surface area is 98.5 Å². The lowest BCUT2D eigenvalue weighted by Gasteiger charge is -2.42. The van der Waals surface area contributed by atoms with Crippen molar-refractivity contribution in [2.75, 3.05) is 0 Å². The van der Waals surface area contributed by atoms with Crippen LogP contribution in [0.5, 0.6) is 5.75 Å². The largest absolute Gasteiger partial charge is 0.508 e. The summed E-state index contributed by atoms with van der Waals surface area (Å²) in [6, 6.07) is 4.14. The number of benzene rings is 1. The van der Waals surface area contributed by atoms with Crippen LogP contribution in [0.4, 0.5) is 0 Å². The average molecular weight is 218 g/mol. The van der Waals surface area contributed by atoms with Crippen LogP contribution in [0.3, 0.4) is 0 Å². The lowest BCUT2D eigenvalue weighted by molar-refractivity contribution is 0.317. The Kier molecular flexibility index (Phi) is 2.34. The quantitative estimate of drug-likeness (QED) is 0.696. The van der Waals surface area contributed by atoms with Crippen LogP contribution < -0.4 is 0 Å². The van der Waals surface area contributed by atoms with Crippen LogP contribution in [0, 0.1) is 6.92 Å². The molecule has 0 saturated heterocycles. The lowest BCUT2D eigenvalue weighted by atomic mass is 9.62. The van der Waals surface area contributed by atoms with Gasteiger partial charge in [-0.2, -0.15) is 0 Å². The summed E-state index contributed by atoms with van der Waals surface area (Å²) in [7, 11) is 0. The fraction of sp³-hybridized carbons (Fsp3) is 0.600. The highest BCUT2D eigenvalue weighted by atomic mass is 16.3. The molecule has 0 unspecified atom stereocenters. The van der Waals surface area contributed by atoms with Crippen LogP contribution >= 0.6 is 0 Å². The van der Waals surface area contributed by atoms with Crippen molar-refractivity contribution >= 4 is 0 Å². The molecule has 1 aliphatic rings. The Balaban J connectivity index is 2.74. The van der Waals surface area contributed by atoms with Gasteiger partial charge in [-0.05, 0) is 47.8 Å². The fourth-order valence-electron chi connectivity index (χ4n) is 2.90. The van der Waals surface area contributed by atoms with E-state index in [-0.39, 0.29) is 10.8 Å². The monoisotopic (exact) mass is 218 g/mol. The number of hydrogen-bond donors (Lipinski definition) is 1. The molecule has 0 fully saturated rings. The van der Waals surface area contributed by atoms with Crippen molar-refractivity contribution in [1.29, 1.82) is 0 Å². The molecular formula is C15H22O. The van der Waals surface area contributed by atoms with Crippen LogP contribution in [0.2, 0.25) is 0 Å². The predicted molar refractivity (Wildman–Crippen MR) is 68.1 cm³/mol. The van der Waals surface area contributed by atoms with E-state index in [1.54, 1.807) is 0 Å². The van der Waals surface area contributed by atoms with Crippen molar-refractivity contribution in [2.24, 2.45) is 0 Å². The Morgan fingerprint density at radius 2 is 1.56 bits per heavy atom. The third-order valence-electron chi connectivity index (χ3n) is 4.04. The van der Waals surface area contributed by atoms with Crippen molar-refractivity contribution < 1.29 is 5.11 Å². The topological polar surface area (TPSA) is 20.2 Å². The predicted octanol–water partition coefficient (Wildman–Crippen LogP) is 4.05. The molecule has 0 atom stereocenters. The first-order valence-electron chi connectivity index (χ1n) is 6.09. The smallest absolute Gasteiger partial charge is 0.119 e. The van der Waals surface area contributed by atoms with Gasteiger partial charge in [0.25, 0.3) is 0 Å². The molecule has 88 valence electrons. The maximum atomic E-state index is 10.2. The molecule has 1 N–H and O–H groups in total. The van der Waals surface area contributed by atoms with Crippen molar-refractivity contribution in [3.8, 4) is 5.75 Å². The van der Waals surface area contributed by atoms with Crippen molar-refractivity contribution in [2.45, 2.75) is 58.3 Å². The summed E-state index contributed by atoms with van der Waals surface area (Å²) >= 11 is 0. The van der Waals surface area contributed by atoms with E-state index in [0.717, 1.165) is 17.5 Å². The molecule has 1 heteroatoms. The third-order valence-corrected chi connectivity index (χ3v) is 4.04. The van der Waals surface area contributed by atoms with Gasteiger partial charge in [-0.25, -0.2) is 0 Å². The summed E-state index contributed by atoms with van der Waals surface area (Å²) in [5, 5.41) is 10.2. The van der Waals surface area contributed by atoms with Crippen LogP contribution in [-0.2, 0) is 10.8 Å². The highest BCUT2D eigenvalue weighted by Crippen LogP contribution is 2.49. The first kappa shape index (κ1) is 11.5. The van der Waals surface area contributed by atoms with Crippen molar-refractivity contribution in [1.82, 2.24) is 0 Å². The number of aromatic hydroxyl groups is 1. The highest BCUT2D eigenvalue weighted by molar-refractivity contribution is 5.51. The second-order valence-corrected chi connectivity index (χ2v) is 6.47. The summed E-state index contributed by atoms with van der Waals surface area (Å²) in [6.45, 7) is 11.1. The molecule has 0 amide bonds. The summed E-state index contributed by atoms with van der Waals surface area (Å²) in [5.41, 5.74) is 3.94. The molecule has 0 aliphatic heterocycles. The Hall–Kier alpha value is -0.980. The molecule has 0 saturated carbocycles. The second-order valence-electron chi connectivity index (χ2n) is 6.47. The average Bonchev–Trinajstić information content (AvgIpc) is 2.11. The zero-order valence-electron chi connectivity index (χ0n) is 11.0. The van der Waals surface area contributed by atoms with Gasteiger partial charge in [0.15, 0.2) is 0 Å². The Bertz CT molecular complexity index is 427. The van der Waals surface area contributed by atoms with E-state index in [4.69, 9.17) is 0 Å². The molecule has 1 aliphatic carbocycles. The second kappa shape index (κ2) is 3.26. The minimum absolute atomic E-state index is 0.0998. The van der Waals surface area contributed by atoms with Gasteiger partial charge in [-0.1, -0.05) is 33.8 Å². The normalized spacial score (nSPS) is 21.6. The van der Waals surface area contributed by atoms with E-state index in [2.05, 4.69) is 40.7 Å². The molecule has 0 heterocycles. The van der Waals surface area contributed by atoms with Gasteiger partial charge in [0.1, 0.15) is 5.75 Å². The van der Waals surface area contributed by atoms with Gasteiger partial charge < -0.3 is 5.11 Å². The molecular weight excluding hydrogens is 196 g/mol. The van der Waals surface area contributed by atoms with Gasteiger partial charge in [0.05, 0.1) is 0 Å². The van der Waals surface area contributed by atoms with Crippen molar-refractivity contribution in [3.63, 3.8) is 0 Å². The number of phenols is 1. The molecule has 1 nitrogen and oxygen atoms in total. The van der Waals surface area contributed by atoms with Crippen molar-refractivity contribution in [3.05, 3.63) is 28.8 Å². The molecule has 0 spiro atoms. The van der Waals surface area contributed by atoms with E-state index < -0.39 is 0 Å². The number of aryl methyl sites for hydroxylation is 1. The van der Waals surface area contributed by atoms with Gasteiger partial charge in [0.2, 0.25) is 0 Å². The molecule has 0 aromatic heterocycles. The summed E-state index contributed by atoms with van der Waals surface area (Å²) in [5.74, 6) is 0.479. The minimum Gasteiger partial charge on any atom is -0.508 e. The number of fused-ring (bicyclic) bond motifs is 1. The summed E-state index contributed by atoms with van der Waals surface area (Å²) in [4.78, 5) is 0. The maximum Gasteiger partial charge on any atom is 0.119 e. The highest BCUT2D eigenvalue weighted by Gasteiger charge is 2.38. The van der Waals surface area contributed by atoms with Gasteiger partial charge in [-0.15, -0.1) is 0 Å². The fourth-order valence-corrected chi connectivity index (χ4v) is 2.90. The molecule has 2 rings (SSSR count). The van der Waals surface area contributed by atoms with E-state index in [9.17, 15) is 5.11 Å². The number of phenolic OH excluding ortho intramolecular Hbond substituents is 1. The minimum atomic E-state index is 0.0998. The molecule has 0 bridgehead atoms. The lowest BCUT2D eigenvalue weighted by Crippen LogP contribution is -2.33.